The van der Waals surface area contributed by atoms with E-state index in [1.807, 2.05) is 12.1 Å². The Bertz CT molecular complexity index is 843. The van der Waals surface area contributed by atoms with Crippen LogP contribution in [0.5, 0.6) is 11.5 Å². The van der Waals surface area contributed by atoms with Crippen molar-refractivity contribution in [2.75, 3.05) is 60.7 Å². The van der Waals surface area contributed by atoms with Crippen LogP contribution in [0.1, 0.15) is 52.4 Å². The third kappa shape index (κ3) is 5.83. The Labute approximate surface area is 205 Å². The number of ether oxygens (including phenoxy) is 2. The van der Waals surface area contributed by atoms with E-state index in [9.17, 15) is 0 Å². The third-order valence-electron chi connectivity index (χ3n) is 7.39. The fourth-order valence-electron chi connectivity index (χ4n) is 5.37. The van der Waals surface area contributed by atoms with E-state index in [1.165, 1.54) is 37.1 Å². The zero-order valence-electron chi connectivity index (χ0n) is 21.0. The van der Waals surface area contributed by atoms with Crippen molar-refractivity contribution in [3.8, 4) is 11.5 Å². The molecule has 0 aliphatic carbocycles. The van der Waals surface area contributed by atoms with Crippen molar-refractivity contribution in [2.45, 2.75) is 52.4 Å². The molecule has 0 aromatic heterocycles. The molecule has 2 aliphatic rings. The summed E-state index contributed by atoms with van der Waals surface area (Å²) >= 11 is 0. The van der Waals surface area contributed by atoms with E-state index in [0.717, 1.165) is 73.7 Å². The first-order chi connectivity index (χ1) is 16.6. The lowest BCUT2D eigenvalue weighted by Crippen LogP contribution is -2.41. The molecule has 0 atom stereocenters. The van der Waals surface area contributed by atoms with Gasteiger partial charge < -0.3 is 30.7 Å². The van der Waals surface area contributed by atoms with Crippen LogP contribution in [0.25, 0.3) is 0 Å². The van der Waals surface area contributed by atoms with Gasteiger partial charge in [-0.15, -0.1) is 0 Å². The summed E-state index contributed by atoms with van der Waals surface area (Å²) in [5.74, 6) is 3.27. The number of benzene rings is 2. The molecule has 186 valence electrons. The monoisotopic (exact) mass is 466 g/mol. The van der Waals surface area contributed by atoms with Gasteiger partial charge in [0.05, 0.1) is 24.6 Å². The molecule has 0 spiro atoms. The Morgan fingerprint density at radius 3 is 1.41 bits per heavy atom. The van der Waals surface area contributed by atoms with Crippen LogP contribution >= 0.6 is 0 Å². The number of piperidine rings is 2. The van der Waals surface area contributed by atoms with Gasteiger partial charge in [0.1, 0.15) is 11.5 Å². The smallest absolute Gasteiger partial charge is 0.144 e. The molecule has 2 fully saturated rings. The summed E-state index contributed by atoms with van der Waals surface area (Å²) in [6.07, 6.45) is 7.02. The highest BCUT2D eigenvalue weighted by Gasteiger charge is 2.30. The van der Waals surface area contributed by atoms with Gasteiger partial charge in [0.2, 0.25) is 0 Å². The highest BCUT2D eigenvalue weighted by atomic mass is 16.5. The van der Waals surface area contributed by atoms with E-state index >= 15 is 0 Å². The molecule has 0 unspecified atom stereocenters. The number of hydrogen-bond acceptors (Lipinski definition) is 6. The Kier molecular flexibility index (Phi) is 8.30. The van der Waals surface area contributed by atoms with Crippen molar-refractivity contribution in [3.05, 3.63) is 36.4 Å². The lowest BCUT2D eigenvalue weighted by atomic mass is 9.78. The van der Waals surface area contributed by atoms with E-state index in [2.05, 4.69) is 47.9 Å². The molecule has 4 N–H and O–H groups in total. The highest BCUT2D eigenvalue weighted by Crippen LogP contribution is 2.37. The van der Waals surface area contributed by atoms with Gasteiger partial charge in [-0.05, 0) is 74.6 Å². The zero-order valence-corrected chi connectivity index (χ0v) is 21.0. The van der Waals surface area contributed by atoms with Gasteiger partial charge in [-0.2, -0.15) is 0 Å². The van der Waals surface area contributed by atoms with E-state index < -0.39 is 0 Å². The molecule has 6 heteroatoms. The molecule has 2 aromatic carbocycles. The average Bonchev–Trinajstić information content (AvgIpc) is 2.88. The average molecular weight is 467 g/mol. The summed E-state index contributed by atoms with van der Waals surface area (Å²) < 4.78 is 11.7. The van der Waals surface area contributed by atoms with Crippen molar-refractivity contribution in [1.82, 2.24) is 0 Å². The fraction of sp³-hybridized carbons (Fsp3) is 0.571. The molecule has 0 bridgehead atoms. The minimum Gasteiger partial charge on any atom is -0.491 e. The summed E-state index contributed by atoms with van der Waals surface area (Å²) in [5, 5.41) is 0. The van der Waals surface area contributed by atoms with Crippen molar-refractivity contribution < 1.29 is 9.47 Å². The first-order valence-corrected chi connectivity index (χ1v) is 13.1. The zero-order chi connectivity index (χ0) is 23.9. The second-order valence-electron chi connectivity index (χ2n) is 9.79. The number of hydrogen-bond donors (Lipinski definition) is 2. The van der Waals surface area contributed by atoms with Gasteiger partial charge in [-0.25, -0.2) is 0 Å². The molecular weight excluding hydrogens is 424 g/mol. The normalized spacial score (nSPS) is 17.7. The number of anilines is 4. The van der Waals surface area contributed by atoms with Crippen LogP contribution in [-0.4, -0.2) is 39.4 Å². The van der Waals surface area contributed by atoms with Crippen molar-refractivity contribution in [1.29, 1.82) is 0 Å². The number of nitrogen functional groups attached to an aromatic ring is 2. The maximum Gasteiger partial charge on any atom is 0.144 e. The SMILES string of the molecule is CCCOc1cc(N2CCC(C3CCN(c4ccc(N)c(OCCC)c4)CC3)CC2)ccc1N. The Hall–Kier alpha value is -2.76. The Balaban J connectivity index is 1.28. The van der Waals surface area contributed by atoms with Crippen LogP contribution in [0.15, 0.2) is 36.4 Å². The molecule has 2 saturated heterocycles. The van der Waals surface area contributed by atoms with Crippen LogP contribution in [0.2, 0.25) is 0 Å². The minimum absolute atomic E-state index is 0.706. The molecule has 0 saturated carbocycles. The first-order valence-electron chi connectivity index (χ1n) is 13.1. The quantitative estimate of drug-likeness (QED) is 0.471. The lowest BCUT2D eigenvalue weighted by molar-refractivity contribution is 0.233. The molecule has 2 aliphatic heterocycles. The summed E-state index contributed by atoms with van der Waals surface area (Å²) in [6.45, 7) is 10.1. The van der Waals surface area contributed by atoms with Gasteiger partial charge in [0.15, 0.2) is 0 Å². The molecule has 2 aromatic rings. The van der Waals surface area contributed by atoms with Gasteiger partial charge in [-0.1, -0.05) is 13.8 Å². The van der Waals surface area contributed by atoms with E-state index in [1.54, 1.807) is 0 Å². The Morgan fingerprint density at radius 2 is 1.06 bits per heavy atom. The maximum absolute atomic E-state index is 6.11. The number of rotatable bonds is 9. The van der Waals surface area contributed by atoms with Crippen molar-refractivity contribution >= 4 is 22.7 Å². The van der Waals surface area contributed by atoms with Crippen LogP contribution in [-0.2, 0) is 0 Å². The van der Waals surface area contributed by atoms with E-state index in [-0.39, 0.29) is 0 Å². The van der Waals surface area contributed by atoms with E-state index in [4.69, 9.17) is 20.9 Å². The largest absolute Gasteiger partial charge is 0.491 e. The standard InChI is InChI=1S/C28H42N4O2/c1-3-17-33-27-19-23(5-7-25(27)29)31-13-9-21(10-14-31)22-11-15-32(16-12-22)24-6-8-26(30)28(20-24)34-18-4-2/h5-8,19-22H,3-4,9-18,29-30H2,1-2H3. The predicted molar refractivity (Wildman–Crippen MR) is 143 cm³/mol. The number of nitrogens with two attached hydrogens (primary N) is 2. The Morgan fingerprint density at radius 1 is 0.676 bits per heavy atom. The summed E-state index contributed by atoms with van der Waals surface area (Å²) in [4.78, 5) is 4.99. The second-order valence-corrected chi connectivity index (χ2v) is 9.79. The van der Waals surface area contributed by atoms with Gasteiger partial charge in [0.25, 0.3) is 0 Å². The van der Waals surface area contributed by atoms with E-state index in [0.29, 0.717) is 13.2 Å². The van der Waals surface area contributed by atoms with Crippen molar-refractivity contribution in [2.24, 2.45) is 11.8 Å². The first kappa shape index (κ1) is 24.4. The summed E-state index contributed by atoms with van der Waals surface area (Å²) in [5.41, 5.74) is 16.1. The van der Waals surface area contributed by atoms with Gasteiger partial charge >= 0.3 is 0 Å². The van der Waals surface area contributed by atoms with Gasteiger partial charge in [0, 0.05) is 49.7 Å². The molecule has 4 rings (SSSR count). The van der Waals surface area contributed by atoms with Crippen LogP contribution in [0.3, 0.4) is 0 Å². The molecule has 0 amide bonds. The molecule has 34 heavy (non-hydrogen) atoms. The van der Waals surface area contributed by atoms with Crippen LogP contribution < -0.4 is 30.7 Å². The van der Waals surface area contributed by atoms with Crippen molar-refractivity contribution in [3.63, 3.8) is 0 Å². The minimum atomic E-state index is 0.706. The molecule has 6 nitrogen and oxygen atoms in total. The predicted octanol–water partition coefficient (Wildman–Crippen LogP) is 5.56. The molecule has 0 radical (unpaired) electrons. The third-order valence-corrected chi connectivity index (χ3v) is 7.39. The second kappa shape index (κ2) is 11.6. The molecular formula is C28H42N4O2. The highest BCUT2D eigenvalue weighted by molar-refractivity contribution is 5.63. The fourth-order valence-corrected chi connectivity index (χ4v) is 5.37. The summed E-state index contributed by atoms with van der Waals surface area (Å²) in [6, 6.07) is 12.5. The molecule has 2 heterocycles. The lowest BCUT2D eigenvalue weighted by Gasteiger charge is -2.41. The topological polar surface area (TPSA) is 77.0 Å². The van der Waals surface area contributed by atoms with Gasteiger partial charge in [-0.3, -0.25) is 0 Å². The maximum atomic E-state index is 6.11. The van der Waals surface area contributed by atoms with Crippen LogP contribution in [0.4, 0.5) is 22.7 Å². The summed E-state index contributed by atoms with van der Waals surface area (Å²) in [7, 11) is 0. The number of nitrogens with zero attached hydrogens (tertiary/aromatic N) is 2. The van der Waals surface area contributed by atoms with Crippen LogP contribution in [0, 0.1) is 11.8 Å².